The Kier molecular flexibility index (Phi) is 3.89. The highest BCUT2D eigenvalue weighted by Crippen LogP contribution is 2.27. The number of aromatic nitrogens is 1. The number of hydrogen-bond acceptors (Lipinski definition) is 4. The van der Waals surface area contributed by atoms with Crippen molar-refractivity contribution in [2.24, 2.45) is 10.9 Å². The first-order valence-electron chi connectivity index (χ1n) is 6.21. The van der Waals surface area contributed by atoms with Gasteiger partial charge in [0.1, 0.15) is 5.75 Å². The van der Waals surface area contributed by atoms with E-state index in [0.717, 1.165) is 16.9 Å². The molecule has 1 aromatic carbocycles. The van der Waals surface area contributed by atoms with Gasteiger partial charge in [-0.1, -0.05) is 11.2 Å². The van der Waals surface area contributed by atoms with E-state index < -0.39 is 0 Å². The molecule has 1 heterocycles. The number of aryl methyl sites for hydroxylation is 2. The van der Waals surface area contributed by atoms with Crippen LogP contribution >= 0.6 is 0 Å². The molecule has 0 aliphatic rings. The summed E-state index contributed by atoms with van der Waals surface area (Å²) in [7, 11) is 0. The molecule has 0 amide bonds. The van der Waals surface area contributed by atoms with E-state index in [1.807, 2.05) is 26.8 Å². The topological polar surface area (TPSA) is 80.7 Å². The number of ether oxygens (including phenoxy) is 1. The predicted octanol–water partition coefficient (Wildman–Crippen LogP) is 2.89. The van der Waals surface area contributed by atoms with E-state index in [9.17, 15) is 0 Å². The summed E-state index contributed by atoms with van der Waals surface area (Å²) in [6, 6.07) is 7.46. The van der Waals surface area contributed by atoms with E-state index in [-0.39, 0.29) is 5.84 Å². The van der Waals surface area contributed by atoms with Crippen LogP contribution in [0.15, 0.2) is 35.6 Å². The lowest BCUT2D eigenvalue weighted by Gasteiger charge is -2.11. The molecule has 0 aliphatic carbocycles. The average Bonchev–Trinajstić information content (AvgIpc) is 2.44. The number of pyridine rings is 1. The van der Waals surface area contributed by atoms with Crippen LogP contribution < -0.4 is 10.5 Å². The predicted molar refractivity (Wildman–Crippen MR) is 77.5 cm³/mol. The van der Waals surface area contributed by atoms with Crippen molar-refractivity contribution in [1.29, 1.82) is 0 Å². The molecule has 0 atom stereocenters. The molecule has 5 heteroatoms. The second-order valence-corrected chi connectivity index (χ2v) is 4.68. The highest BCUT2D eigenvalue weighted by Gasteiger charge is 2.07. The highest BCUT2D eigenvalue weighted by molar-refractivity contribution is 5.96. The zero-order valence-corrected chi connectivity index (χ0v) is 11.7. The molecule has 0 aliphatic heterocycles. The van der Waals surface area contributed by atoms with Gasteiger partial charge < -0.3 is 15.7 Å². The average molecular weight is 271 g/mol. The minimum Gasteiger partial charge on any atom is -0.439 e. The van der Waals surface area contributed by atoms with Gasteiger partial charge in [-0.25, -0.2) is 4.98 Å². The quantitative estimate of drug-likeness (QED) is 0.389. The summed E-state index contributed by atoms with van der Waals surface area (Å²) in [5, 5.41) is 11.5. The van der Waals surface area contributed by atoms with Crippen molar-refractivity contribution < 1.29 is 9.94 Å². The van der Waals surface area contributed by atoms with Crippen LogP contribution in [-0.4, -0.2) is 16.0 Å². The third kappa shape index (κ3) is 2.88. The number of benzene rings is 1. The minimum atomic E-state index is 0.0200. The van der Waals surface area contributed by atoms with Crippen LogP contribution in [0.4, 0.5) is 0 Å². The van der Waals surface area contributed by atoms with E-state index in [2.05, 4.69) is 16.2 Å². The van der Waals surface area contributed by atoms with Gasteiger partial charge in [0.25, 0.3) is 0 Å². The van der Waals surface area contributed by atoms with Crippen LogP contribution in [-0.2, 0) is 0 Å². The minimum absolute atomic E-state index is 0.0200. The van der Waals surface area contributed by atoms with Crippen molar-refractivity contribution >= 4 is 5.84 Å². The summed E-state index contributed by atoms with van der Waals surface area (Å²) in [6.45, 7) is 6.08. The van der Waals surface area contributed by atoms with Crippen molar-refractivity contribution in [3.05, 3.63) is 52.7 Å². The van der Waals surface area contributed by atoms with Gasteiger partial charge >= 0.3 is 0 Å². The molecule has 0 saturated carbocycles. The van der Waals surface area contributed by atoms with Gasteiger partial charge in [0, 0.05) is 17.8 Å². The second kappa shape index (κ2) is 5.61. The van der Waals surface area contributed by atoms with Gasteiger partial charge in [-0.2, -0.15) is 0 Å². The monoisotopic (exact) mass is 271 g/mol. The van der Waals surface area contributed by atoms with Crippen LogP contribution in [0, 0.1) is 20.8 Å². The molecule has 0 saturated heterocycles. The van der Waals surface area contributed by atoms with Gasteiger partial charge in [0.05, 0.1) is 0 Å². The molecule has 0 unspecified atom stereocenters. The Morgan fingerprint density at radius 3 is 2.60 bits per heavy atom. The summed E-state index contributed by atoms with van der Waals surface area (Å²) >= 11 is 0. The van der Waals surface area contributed by atoms with Crippen molar-refractivity contribution in [3.8, 4) is 11.6 Å². The number of hydrogen-bond donors (Lipinski definition) is 2. The van der Waals surface area contributed by atoms with Crippen LogP contribution in [0.25, 0.3) is 0 Å². The Hall–Kier alpha value is -2.56. The van der Waals surface area contributed by atoms with E-state index in [4.69, 9.17) is 15.7 Å². The van der Waals surface area contributed by atoms with E-state index >= 15 is 0 Å². The van der Waals surface area contributed by atoms with Gasteiger partial charge in [0.2, 0.25) is 5.88 Å². The molecular weight excluding hydrogens is 254 g/mol. The van der Waals surface area contributed by atoms with Crippen molar-refractivity contribution in [1.82, 2.24) is 4.98 Å². The third-order valence-electron chi connectivity index (χ3n) is 3.12. The molecule has 0 spiro atoms. The van der Waals surface area contributed by atoms with Crippen LogP contribution in [0.3, 0.4) is 0 Å². The van der Waals surface area contributed by atoms with Crippen molar-refractivity contribution in [3.63, 3.8) is 0 Å². The maximum absolute atomic E-state index is 8.59. The molecule has 2 aromatic rings. The molecule has 0 radical (unpaired) electrons. The number of rotatable bonds is 3. The van der Waals surface area contributed by atoms with Gasteiger partial charge in [-0.05, 0) is 49.6 Å². The van der Waals surface area contributed by atoms with E-state index in [1.54, 1.807) is 12.1 Å². The molecule has 20 heavy (non-hydrogen) atoms. The van der Waals surface area contributed by atoms with Crippen LogP contribution in [0.2, 0.25) is 0 Å². The zero-order chi connectivity index (χ0) is 14.7. The lowest BCUT2D eigenvalue weighted by molar-refractivity contribution is 0.318. The second-order valence-electron chi connectivity index (χ2n) is 4.68. The first kappa shape index (κ1) is 13.9. The largest absolute Gasteiger partial charge is 0.439 e. The number of nitrogens with two attached hydrogens (primary N) is 1. The summed E-state index contributed by atoms with van der Waals surface area (Å²) in [5.74, 6) is 1.27. The number of oxime groups is 1. The maximum Gasteiger partial charge on any atom is 0.219 e. The zero-order valence-electron chi connectivity index (χ0n) is 11.7. The van der Waals surface area contributed by atoms with E-state index in [0.29, 0.717) is 11.4 Å². The first-order valence-corrected chi connectivity index (χ1v) is 6.21. The SMILES string of the molecule is Cc1cc(C)c(C)c(Oc2ccc(/C(N)=N/O)cn2)c1. The maximum atomic E-state index is 8.59. The Bertz CT molecular complexity index is 649. The molecule has 0 bridgehead atoms. The van der Waals surface area contributed by atoms with Gasteiger partial charge in [-0.15, -0.1) is 0 Å². The van der Waals surface area contributed by atoms with Gasteiger partial charge in [-0.3, -0.25) is 0 Å². The fourth-order valence-electron chi connectivity index (χ4n) is 1.87. The van der Waals surface area contributed by atoms with Crippen LogP contribution in [0.5, 0.6) is 11.6 Å². The van der Waals surface area contributed by atoms with Crippen molar-refractivity contribution in [2.75, 3.05) is 0 Å². The Labute approximate surface area is 117 Å². The molecule has 104 valence electrons. The number of amidine groups is 1. The lowest BCUT2D eigenvalue weighted by atomic mass is 10.1. The summed E-state index contributed by atoms with van der Waals surface area (Å²) < 4.78 is 5.78. The smallest absolute Gasteiger partial charge is 0.219 e. The fourth-order valence-corrected chi connectivity index (χ4v) is 1.87. The Balaban J connectivity index is 2.27. The standard InChI is InChI=1S/C15H17N3O2/c1-9-6-10(2)11(3)13(7-9)20-14-5-4-12(8-17-14)15(16)18-19/h4-8,19H,1-3H3,(H2,16,18). The molecule has 2 rings (SSSR count). The highest BCUT2D eigenvalue weighted by atomic mass is 16.5. The molecular formula is C15H17N3O2. The summed E-state index contributed by atoms with van der Waals surface area (Å²) in [6.07, 6.45) is 1.50. The molecule has 1 aromatic heterocycles. The van der Waals surface area contributed by atoms with E-state index in [1.165, 1.54) is 11.8 Å². The number of nitrogens with zero attached hydrogens (tertiary/aromatic N) is 2. The van der Waals surface area contributed by atoms with Gasteiger partial charge in [0.15, 0.2) is 5.84 Å². The Morgan fingerprint density at radius 2 is 2.00 bits per heavy atom. The first-order chi connectivity index (χ1) is 9.51. The normalized spacial score (nSPS) is 11.4. The third-order valence-corrected chi connectivity index (χ3v) is 3.12. The Morgan fingerprint density at radius 1 is 1.25 bits per heavy atom. The van der Waals surface area contributed by atoms with Crippen molar-refractivity contribution in [2.45, 2.75) is 20.8 Å². The fraction of sp³-hybridized carbons (Fsp3) is 0.200. The van der Waals surface area contributed by atoms with Crippen LogP contribution in [0.1, 0.15) is 22.3 Å². The lowest BCUT2D eigenvalue weighted by Crippen LogP contribution is -2.13. The molecule has 3 N–H and O–H groups in total. The molecule has 5 nitrogen and oxygen atoms in total. The molecule has 0 fully saturated rings. The summed E-state index contributed by atoms with van der Waals surface area (Å²) in [4.78, 5) is 4.15. The summed E-state index contributed by atoms with van der Waals surface area (Å²) in [5.41, 5.74) is 9.41.